The van der Waals surface area contributed by atoms with Crippen molar-refractivity contribution in [2.75, 3.05) is 31.4 Å². The van der Waals surface area contributed by atoms with Crippen LogP contribution < -0.4 is 25.0 Å². The number of hydrogen-bond donors (Lipinski definition) is 2. The molecule has 3 aromatic heterocycles. The van der Waals surface area contributed by atoms with Gasteiger partial charge in [-0.3, -0.25) is 9.69 Å². The van der Waals surface area contributed by atoms with Crippen molar-refractivity contribution in [1.82, 2.24) is 25.5 Å². The summed E-state index contributed by atoms with van der Waals surface area (Å²) in [6, 6.07) is 14.3. The van der Waals surface area contributed by atoms with Gasteiger partial charge < -0.3 is 34.0 Å². The minimum atomic E-state index is -2.81. The number of ether oxygens (including phenoxy) is 4. The number of rotatable bonds is 13. The second-order valence-corrected chi connectivity index (χ2v) is 12.9. The summed E-state index contributed by atoms with van der Waals surface area (Å²) in [6.45, 7) is 3.79. The van der Waals surface area contributed by atoms with E-state index in [1.54, 1.807) is 71.2 Å². The van der Waals surface area contributed by atoms with Crippen molar-refractivity contribution in [2.45, 2.75) is 53.1 Å². The van der Waals surface area contributed by atoms with Crippen LogP contribution in [0.1, 0.15) is 57.9 Å². The van der Waals surface area contributed by atoms with Gasteiger partial charge >= 0.3 is 6.09 Å². The standard InChI is InChI=1S/C37H39ClFN7O7/c1-21-18-52-35(41-21)25-14-23(15-28(33(25)50-7)42-27-16-30(38)44-45-32(27)34(47)40-5)19-51-20-29-26(39)12-13-31(43-29)46(36(48)53-37(2,3)4)17-22-8-10-24(49-6)11-9-22/h8-16,18H,17,19-20H2,1-7H3,(H,40,47)(H,42,44)/i5D3. The molecular formula is C37H39ClFN7O7. The maximum atomic E-state index is 15.2. The van der Waals surface area contributed by atoms with E-state index in [1.807, 2.05) is 5.32 Å². The van der Waals surface area contributed by atoms with Gasteiger partial charge in [-0.1, -0.05) is 23.7 Å². The van der Waals surface area contributed by atoms with Crippen molar-refractivity contribution in [3.8, 4) is 23.0 Å². The summed E-state index contributed by atoms with van der Waals surface area (Å²) >= 11 is 6.12. The Morgan fingerprint density at radius 3 is 2.42 bits per heavy atom. The van der Waals surface area contributed by atoms with Crippen LogP contribution >= 0.6 is 11.6 Å². The number of methoxy groups -OCH3 is 2. The number of aryl methyl sites for hydroxylation is 1. The number of aromatic nitrogens is 4. The molecular weight excluding hydrogens is 709 g/mol. The summed E-state index contributed by atoms with van der Waals surface area (Å²) in [4.78, 5) is 36.5. The molecule has 0 aliphatic carbocycles. The van der Waals surface area contributed by atoms with Crippen molar-refractivity contribution in [2.24, 2.45) is 0 Å². The second kappa shape index (κ2) is 16.7. The Morgan fingerprint density at radius 1 is 0.981 bits per heavy atom. The maximum Gasteiger partial charge on any atom is 0.416 e. The highest BCUT2D eigenvalue weighted by atomic mass is 35.5. The molecule has 0 radical (unpaired) electrons. The van der Waals surface area contributed by atoms with Crippen molar-refractivity contribution < 1.29 is 41.5 Å². The van der Waals surface area contributed by atoms with Gasteiger partial charge in [-0.25, -0.2) is 19.2 Å². The van der Waals surface area contributed by atoms with Gasteiger partial charge in [0.15, 0.2) is 16.6 Å². The molecule has 0 unspecified atom stereocenters. The van der Waals surface area contributed by atoms with Crippen LogP contribution in [0.4, 0.5) is 26.4 Å². The monoisotopic (exact) mass is 750 g/mol. The topological polar surface area (TPSA) is 163 Å². The minimum Gasteiger partial charge on any atom is -0.497 e. The molecule has 2 N–H and O–H groups in total. The van der Waals surface area contributed by atoms with E-state index >= 15 is 4.39 Å². The number of anilines is 3. The van der Waals surface area contributed by atoms with Crippen LogP contribution in [0, 0.1) is 12.7 Å². The van der Waals surface area contributed by atoms with Crippen LogP contribution in [-0.4, -0.2) is 59.0 Å². The molecule has 0 fully saturated rings. The average molecular weight is 751 g/mol. The zero-order valence-electron chi connectivity index (χ0n) is 32.7. The molecule has 3 heterocycles. The van der Waals surface area contributed by atoms with Crippen molar-refractivity contribution in [1.29, 1.82) is 0 Å². The Balaban J connectivity index is 1.45. The third-order valence-electron chi connectivity index (χ3n) is 7.37. The molecule has 0 saturated heterocycles. The summed E-state index contributed by atoms with van der Waals surface area (Å²) < 4.78 is 65.9. The Morgan fingerprint density at radius 2 is 1.75 bits per heavy atom. The maximum absolute atomic E-state index is 15.2. The smallest absolute Gasteiger partial charge is 0.416 e. The number of carbonyl (C=O) groups is 2. The van der Waals surface area contributed by atoms with Crippen molar-refractivity contribution in [3.05, 3.63) is 100 Å². The Labute approximate surface area is 314 Å². The number of halogens is 2. The largest absolute Gasteiger partial charge is 0.497 e. The number of carbonyl (C=O) groups excluding carboxylic acids is 2. The lowest BCUT2D eigenvalue weighted by molar-refractivity contribution is 0.0575. The van der Waals surface area contributed by atoms with Gasteiger partial charge in [0.25, 0.3) is 5.91 Å². The second-order valence-electron chi connectivity index (χ2n) is 12.5. The summed E-state index contributed by atoms with van der Waals surface area (Å²) in [7, 11) is 2.96. The van der Waals surface area contributed by atoms with Crippen LogP contribution in [0.3, 0.4) is 0 Å². The van der Waals surface area contributed by atoms with Crippen molar-refractivity contribution >= 4 is 40.8 Å². The van der Waals surface area contributed by atoms with E-state index in [9.17, 15) is 9.59 Å². The molecule has 16 heteroatoms. The zero-order valence-corrected chi connectivity index (χ0v) is 30.5. The van der Waals surface area contributed by atoms with Gasteiger partial charge in [-0.05, 0) is 75.2 Å². The van der Waals surface area contributed by atoms with Crippen molar-refractivity contribution in [3.63, 3.8) is 0 Å². The number of nitrogens with one attached hydrogen (secondary N) is 2. The summed E-state index contributed by atoms with van der Waals surface area (Å²) in [5.41, 5.74) is 1.21. The van der Waals surface area contributed by atoms with E-state index < -0.39 is 30.4 Å². The normalized spacial score (nSPS) is 12.3. The molecule has 0 aliphatic rings. The lowest BCUT2D eigenvalue weighted by atomic mass is 10.1. The van der Waals surface area contributed by atoms with Gasteiger partial charge in [0.05, 0.1) is 56.6 Å². The highest BCUT2D eigenvalue weighted by Crippen LogP contribution is 2.40. The van der Waals surface area contributed by atoms with Crippen LogP contribution in [-0.2, 0) is 29.2 Å². The molecule has 0 saturated carbocycles. The van der Waals surface area contributed by atoms with E-state index in [1.165, 1.54) is 36.5 Å². The first-order chi connectivity index (χ1) is 26.4. The number of amides is 2. The highest BCUT2D eigenvalue weighted by molar-refractivity contribution is 6.29. The first-order valence-corrected chi connectivity index (χ1v) is 16.4. The third kappa shape index (κ3) is 9.75. The molecule has 2 amide bonds. The number of hydrogen-bond acceptors (Lipinski definition) is 12. The Kier molecular flexibility index (Phi) is 10.8. The molecule has 0 spiro atoms. The molecule has 2 aromatic carbocycles. The van der Waals surface area contributed by atoms with E-state index in [0.29, 0.717) is 22.6 Å². The van der Waals surface area contributed by atoms with Gasteiger partial charge in [-0.2, -0.15) is 0 Å². The molecule has 0 bridgehead atoms. The van der Waals surface area contributed by atoms with Gasteiger partial charge in [0, 0.05) is 17.2 Å². The molecule has 14 nitrogen and oxygen atoms in total. The van der Waals surface area contributed by atoms with Crippen LogP contribution in [0.25, 0.3) is 11.5 Å². The molecule has 5 rings (SSSR count). The summed E-state index contributed by atoms with van der Waals surface area (Å²) in [5.74, 6) is -0.512. The lowest BCUT2D eigenvalue weighted by Gasteiger charge is -2.27. The number of nitrogens with zero attached hydrogens (tertiary/aromatic N) is 5. The average Bonchev–Trinajstić information content (AvgIpc) is 3.56. The Bertz CT molecular complexity index is 2200. The highest BCUT2D eigenvalue weighted by Gasteiger charge is 2.26. The zero-order chi connectivity index (χ0) is 40.8. The number of pyridine rings is 1. The van der Waals surface area contributed by atoms with E-state index in [0.717, 1.165) is 5.56 Å². The van der Waals surface area contributed by atoms with E-state index in [2.05, 4.69) is 25.5 Å². The third-order valence-corrected chi connectivity index (χ3v) is 7.55. The number of benzene rings is 2. The van der Waals surface area contributed by atoms with E-state index in [4.69, 9.17) is 39.1 Å². The number of oxazole rings is 1. The van der Waals surface area contributed by atoms with Gasteiger partial charge in [0.1, 0.15) is 34.9 Å². The first kappa shape index (κ1) is 34.3. The molecule has 0 atom stereocenters. The summed E-state index contributed by atoms with van der Waals surface area (Å²) in [6.07, 6.45) is 0.766. The molecule has 278 valence electrons. The fourth-order valence-electron chi connectivity index (χ4n) is 5.02. The minimum absolute atomic E-state index is 0.00456. The summed E-state index contributed by atoms with van der Waals surface area (Å²) in [5, 5.41) is 12.3. The van der Waals surface area contributed by atoms with Crippen LogP contribution in [0.5, 0.6) is 11.5 Å². The molecule has 0 aliphatic heterocycles. The van der Waals surface area contributed by atoms with Gasteiger partial charge in [0.2, 0.25) is 5.89 Å². The fourth-order valence-corrected chi connectivity index (χ4v) is 5.16. The predicted octanol–water partition coefficient (Wildman–Crippen LogP) is 7.41. The van der Waals surface area contributed by atoms with Gasteiger partial charge in [-0.15, -0.1) is 10.2 Å². The fraction of sp³-hybridized carbons (Fsp3) is 0.297. The lowest BCUT2D eigenvalue weighted by Crippen LogP contribution is -2.37. The molecule has 5 aromatic rings. The Hall–Kier alpha value is -5.80. The molecule has 53 heavy (non-hydrogen) atoms. The first-order valence-electron chi connectivity index (χ1n) is 17.6. The quantitative estimate of drug-likeness (QED) is 0.123. The SMILES string of the molecule is [2H]C([2H])([2H])NC(=O)c1nnc(Cl)cc1Nc1cc(COCc2nc(N(Cc3ccc(OC)cc3)C(=O)OC(C)(C)C)ccc2F)cc(-c2nc(C)co2)c1OC. The van der Waals surface area contributed by atoms with Crippen LogP contribution in [0.15, 0.2) is 65.3 Å². The van der Waals surface area contributed by atoms with Crippen LogP contribution in [0.2, 0.25) is 5.15 Å². The predicted molar refractivity (Wildman–Crippen MR) is 195 cm³/mol. The van der Waals surface area contributed by atoms with E-state index in [-0.39, 0.29) is 65.1 Å².